The molecule has 0 spiro atoms. The molecule has 0 aliphatic carbocycles. The number of nitrogens with zero attached hydrogens (tertiary/aromatic N) is 2. The molecule has 2 aromatic rings. The van der Waals surface area contributed by atoms with Crippen LogP contribution in [0.4, 0.5) is 5.69 Å². The van der Waals surface area contributed by atoms with Gasteiger partial charge in [0.15, 0.2) is 0 Å². The van der Waals surface area contributed by atoms with E-state index in [-0.39, 0.29) is 11.8 Å². The Labute approximate surface area is 197 Å². The van der Waals surface area contributed by atoms with Gasteiger partial charge in [-0.15, -0.1) is 0 Å². The number of carbonyl (C=O) groups excluding carboxylic acids is 1. The fourth-order valence-corrected chi connectivity index (χ4v) is 5.40. The lowest BCUT2D eigenvalue weighted by Crippen LogP contribution is -2.41. The molecule has 0 aromatic heterocycles. The summed E-state index contributed by atoms with van der Waals surface area (Å²) in [6, 6.07) is 14.3. The second-order valence-electron chi connectivity index (χ2n) is 8.38. The molecule has 180 valence electrons. The summed E-state index contributed by atoms with van der Waals surface area (Å²) in [7, 11) is -3.52. The molecule has 1 amide bonds. The monoisotopic (exact) mass is 473 g/mol. The van der Waals surface area contributed by atoms with Crippen LogP contribution in [0.5, 0.6) is 5.75 Å². The average Bonchev–Trinajstić information content (AvgIpc) is 2.83. The van der Waals surface area contributed by atoms with Gasteiger partial charge in [0.2, 0.25) is 15.9 Å². The minimum atomic E-state index is -3.52. The molecule has 1 heterocycles. The molecular weight excluding hydrogens is 438 g/mol. The molecule has 7 nitrogen and oxygen atoms in total. The van der Waals surface area contributed by atoms with E-state index < -0.39 is 10.0 Å². The SMILES string of the molecule is CCN(CC)CCOc1ccc(NC(=O)C2CCN(S(=O)(=O)c3ccc(C)cc3)CC2)cc1. The van der Waals surface area contributed by atoms with Crippen molar-refractivity contribution in [2.24, 2.45) is 5.92 Å². The van der Waals surface area contributed by atoms with Crippen LogP contribution < -0.4 is 10.1 Å². The summed E-state index contributed by atoms with van der Waals surface area (Å²) in [6.45, 7) is 10.4. The number of ether oxygens (including phenoxy) is 1. The third-order valence-electron chi connectivity index (χ3n) is 6.18. The second-order valence-corrected chi connectivity index (χ2v) is 10.3. The number of piperidine rings is 1. The third kappa shape index (κ3) is 6.79. The molecule has 0 bridgehead atoms. The molecule has 0 atom stereocenters. The number of sulfonamides is 1. The number of hydrogen-bond acceptors (Lipinski definition) is 5. The second kappa shape index (κ2) is 11.6. The summed E-state index contributed by atoms with van der Waals surface area (Å²) in [5.41, 5.74) is 1.73. The topological polar surface area (TPSA) is 79.0 Å². The van der Waals surface area contributed by atoms with E-state index in [1.54, 1.807) is 24.3 Å². The van der Waals surface area contributed by atoms with Crippen LogP contribution >= 0.6 is 0 Å². The van der Waals surface area contributed by atoms with E-state index in [0.29, 0.717) is 43.1 Å². The molecule has 0 unspecified atom stereocenters. The zero-order chi connectivity index (χ0) is 23.8. The molecule has 0 radical (unpaired) electrons. The van der Waals surface area contributed by atoms with Crippen molar-refractivity contribution in [3.63, 3.8) is 0 Å². The average molecular weight is 474 g/mol. The Morgan fingerprint density at radius 3 is 2.21 bits per heavy atom. The van der Waals surface area contributed by atoms with E-state index in [1.807, 2.05) is 31.2 Å². The van der Waals surface area contributed by atoms with Gasteiger partial charge >= 0.3 is 0 Å². The predicted octanol–water partition coefficient (Wildman–Crippen LogP) is 3.76. The van der Waals surface area contributed by atoms with E-state index in [4.69, 9.17) is 4.74 Å². The third-order valence-corrected chi connectivity index (χ3v) is 8.09. The fourth-order valence-electron chi connectivity index (χ4n) is 3.93. The first-order valence-electron chi connectivity index (χ1n) is 11.7. The standard InChI is InChI=1S/C25H35N3O4S/c1-4-27(5-2)18-19-32-23-10-8-22(9-11-23)26-25(29)21-14-16-28(17-15-21)33(30,31)24-12-6-20(3)7-13-24/h6-13,21H,4-5,14-19H2,1-3H3,(H,26,29). The molecule has 1 aliphatic rings. The predicted molar refractivity (Wildman–Crippen MR) is 131 cm³/mol. The van der Waals surface area contributed by atoms with Crippen LogP contribution in [0.2, 0.25) is 0 Å². The van der Waals surface area contributed by atoms with Crippen molar-refractivity contribution in [2.75, 3.05) is 44.6 Å². The largest absolute Gasteiger partial charge is 0.492 e. The number of benzene rings is 2. The molecule has 1 fully saturated rings. The Kier molecular flexibility index (Phi) is 8.88. The van der Waals surface area contributed by atoms with Gasteiger partial charge in [0.25, 0.3) is 0 Å². The summed E-state index contributed by atoms with van der Waals surface area (Å²) in [4.78, 5) is 15.3. The van der Waals surface area contributed by atoms with Crippen LogP contribution in [0.25, 0.3) is 0 Å². The van der Waals surface area contributed by atoms with E-state index in [0.717, 1.165) is 30.9 Å². The van der Waals surface area contributed by atoms with E-state index >= 15 is 0 Å². The van der Waals surface area contributed by atoms with Crippen LogP contribution in [0, 0.1) is 12.8 Å². The first kappa shape index (κ1) is 25.2. The lowest BCUT2D eigenvalue weighted by Gasteiger charge is -2.30. The Bertz CT molecular complexity index is 995. The van der Waals surface area contributed by atoms with E-state index in [2.05, 4.69) is 24.1 Å². The van der Waals surface area contributed by atoms with Crippen LogP contribution in [0.1, 0.15) is 32.3 Å². The van der Waals surface area contributed by atoms with Crippen molar-refractivity contribution in [1.82, 2.24) is 9.21 Å². The summed E-state index contributed by atoms with van der Waals surface area (Å²) in [5, 5.41) is 2.95. The molecule has 0 saturated carbocycles. The number of amides is 1. The first-order valence-corrected chi connectivity index (χ1v) is 13.1. The number of rotatable bonds is 10. The zero-order valence-corrected chi connectivity index (χ0v) is 20.6. The quantitative estimate of drug-likeness (QED) is 0.569. The molecule has 8 heteroatoms. The van der Waals surface area contributed by atoms with Crippen LogP contribution in [0.15, 0.2) is 53.4 Å². The summed E-state index contributed by atoms with van der Waals surface area (Å²) < 4.78 is 33.0. The van der Waals surface area contributed by atoms with E-state index in [9.17, 15) is 13.2 Å². The maximum Gasteiger partial charge on any atom is 0.243 e. The van der Waals surface area contributed by atoms with Gasteiger partial charge in [-0.2, -0.15) is 4.31 Å². The normalized spacial score (nSPS) is 15.5. The van der Waals surface area contributed by atoms with Crippen LogP contribution in [-0.2, 0) is 14.8 Å². The highest BCUT2D eigenvalue weighted by molar-refractivity contribution is 7.89. The molecular formula is C25H35N3O4S. The van der Waals surface area contributed by atoms with Gasteiger partial charge < -0.3 is 15.0 Å². The number of carbonyl (C=O) groups is 1. The van der Waals surface area contributed by atoms with Crippen molar-refractivity contribution < 1.29 is 17.9 Å². The van der Waals surface area contributed by atoms with Crippen molar-refractivity contribution in [3.8, 4) is 5.75 Å². The molecule has 33 heavy (non-hydrogen) atoms. The Morgan fingerprint density at radius 1 is 1.03 bits per heavy atom. The lowest BCUT2D eigenvalue weighted by atomic mass is 9.97. The maximum atomic E-state index is 12.9. The Morgan fingerprint density at radius 2 is 1.64 bits per heavy atom. The maximum absolute atomic E-state index is 12.9. The molecule has 1 N–H and O–H groups in total. The van der Waals surface area contributed by atoms with Crippen LogP contribution in [0.3, 0.4) is 0 Å². The highest BCUT2D eigenvalue weighted by atomic mass is 32.2. The highest BCUT2D eigenvalue weighted by Crippen LogP contribution is 2.25. The summed E-state index contributed by atoms with van der Waals surface area (Å²) in [5.74, 6) is 0.492. The molecule has 1 saturated heterocycles. The van der Waals surface area contributed by atoms with Gasteiger partial charge in [0.05, 0.1) is 4.90 Å². The van der Waals surface area contributed by atoms with Gasteiger partial charge in [-0.3, -0.25) is 4.79 Å². The summed E-state index contributed by atoms with van der Waals surface area (Å²) >= 11 is 0. The van der Waals surface area contributed by atoms with Gasteiger partial charge in [0, 0.05) is 31.2 Å². The minimum Gasteiger partial charge on any atom is -0.492 e. The molecule has 3 rings (SSSR count). The van der Waals surface area contributed by atoms with Crippen molar-refractivity contribution in [3.05, 3.63) is 54.1 Å². The number of nitrogens with one attached hydrogen (secondary N) is 1. The van der Waals surface area contributed by atoms with Gasteiger partial charge in [-0.1, -0.05) is 31.5 Å². The fraction of sp³-hybridized carbons (Fsp3) is 0.480. The highest BCUT2D eigenvalue weighted by Gasteiger charge is 2.32. The van der Waals surface area contributed by atoms with Gasteiger partial charge in [-0.25, -0.2) is 8.42 Å². The number of likely N-dealkylation sites (N-methyl/N-ethyl adjacent to an activating group) is 1. The number of aryl methyl sites for hydroxylation is 1. The smallest absolute Gasteiger partial charge is 0.243 e. The molecule has 2 aromatic carbocycles. The van der Waals surface area contributed by atoms with E-state index in [1.165, 1.54) is 4.31 Å². The number of hydrogen-bond donors (Lipinski definition) is 1. The van der Waals surface area contributed by atoms with Crippen molar-refractivity contribution in [1.29, 1.82) is 0 Å². The summed E-state index contributed by atoms with van der Waals surface area (Å²) in [6.07, 6.45) is 1.01. The zero-order valence-electron chi connectivity index (χ0n) is 19.8. The molecule has 1 aliphatic heterocycles. The minimum absolute atomic E-state index is 0.0717. The Hall–Kier alpha value is -2.42. The van der Waals surface area contributed by atoms with Crippen molar-refractivity contribution in [2.45, 2.75) is 38.5 Å². The van der Waals surface area contributed by atoms with Crippen molar-refractivity contribution >= 4 is 21.6 Å². The van der Waals surface area contributed by atoms with Gasteiger partial charge in [0.1, 0.15) is 12.4 Å². The van der Waals surface area contributed by atoms with Crippen LogP contribution in [-0.4, -0.2) is 62.9 Å². The van der Waals surface area contributed by atoms with Gasteiger partial charge in [-0.05, 0) is 69.3 Å². The first-order chi connectivity index (χ1) is 15.8. The lowest BCUT2D eigenvalue weighted by molar-refractivity contribution is -0.120. The Balaban J connectivity index is 1.47. The number of anilines is 1.